The number of nitrogens with zero attached hydrogens (tertiary/aromatic N) is 3. The summed E-state index contributed by atoms with van der Waals surface area (Å²) in [6.07, 6.45) is 0.528. The third-order valence-electron chi connectivity index (χ3n) is 4.01. The molecule has 2 heterocycles. The van der Waals surface area contributed by atoms with Gasteiger partial charge in [0.1, 0.15) is 17.5 Å². The molecule has 0 spiro atoms. The number of anilines is 1. The molecule has 0 saturated heterocycles. The molecule has 0 aliphatic rings. The minimum absolute atomic E-state index is 0.123. The monoisotopic (exact) mass is 373 g/mol. The summed E-state index contributed by atoms with van der Waals surface area (Å²) >= 11 is 0. The zero-order valence-electron chi connectivity index (χ0n) is 14.9. The summed E-state index contributed by atoms with van der Waals surface area (Å²) in [6.45, 7) is 5.25. The van der Waals surface area contributed by atoms with Crippen molar-refractivity contribution in [3.05, 3.63) is 68.8 Å². The SMILES string of the molecule is CCc1c(C)nc(-n2nc(C)cc2NC(=O)c2ccc(F)cc2F)[nH]c1=O. The Bertz CT molecular complexity index is 1090. The molecule has 7 nitrogen and oxygen atoms in total. The van der Waals surface area contributed by atoms with E-state index in [4.69, 9.17) is 0 Å². The molecule has 3 aromatic rings. The van der Waals surface area contributed by atoms with Crippen LogP contribution in [0.3, 0.4) is 0 Å². The fourth-order valence-corrected chi connectivity index (χ4v) is 2.72. The third-order valence-corrected chi connectivity index (χ3v) is 4.01. The number of benzene rings is 1. The van der Waals surface area contributed by atoms with Crippen LogP contribution in [0.15, 0.2) is 29.1 Å². The van der Waals surface area contributed by atoms with Gasteiger partial charge in [-0.05, 0) is 32.4 Å². The normalized spacial score (nSPS) is 10.9. The van der Waals surface area contributed by atoms with Gasteiger partial charge < -0.3 is 5.32 Å². The Morgan fingerprint density at radius 1 is 1.26 bits per heavy atom. The van der Waals surface area contributed by atoms with Crippen molar-refractivity contribution in [2.75, 3.05) is 5.32 Å². The molecule has 140 valence electrons. The molecule has 1 amide bonds. The van der Waals surface area contributed by atoms with Crippen molar-refractivity contribution in [2.45, 2.75) is 27.2 Å². The van der Waals surface area contributed by atoms with Crippen molar-refractivity contribution >= 4 is 11.7 Å². The van der Waals surface area contributed by atoms with E-state index in [1.54, 1.807) is 19.9 Å². The van der Waals surface area contributed by atoms with Gasteiger partial charge in [-0.2, -0.15) is 9.78 Å². The van der Waals surface area contributed by atoms with E-state index in [9.17, 15) is 18.4 Å². The summed E-state index contributed by atoms with van der Waals surface area (Å²) in [5, 5.41) is 6.73. The van der Waals surface area contributed by atoms with Gasteiger partial charge >= 0.3 is 0 Å². The van der Waals surface area contributed by atoms with Crippen LogP contribution in [0.25, 0.3) is 5.95 Å². The highest BCUT2D eigenvalue weighted by atomic mass is 19.1. The summed E-state index contributed by atoms with van der Waals surface area (Å²) in [5.74, 6) is -2.23. The zero-order valence-corrected chi connectivity index (χ0v) is 14.9. The van der Waals surface area contributed by atoms with E-state index in [0.29, 0.717) is 29.4 Å². The highest BCUT2D eigenvalue weighted by molar-refractivity contribution is 6.04. The Labute approximate surface area is 153 Å². The molecular weight excluding hydrogens is 356 g/mol. The van der Waals surface area contributed by atoms with Crippen LogP contribution in [0.4, 0.5) is 14.6 Å². The van der Waals surface area contributed by atoms with Crippen molar-refractivity contribution < 1.29 is 13.6 Å². The number of rotatable bonds is 4. The average molecular weight is 373 g/mol. The van der Waals surface area contributed by atoms with E-state index in [-0.39, 0.29) is 22.9 Å². The van der Waals surface area contributed by atoms with Crippen LogP contribution in [0.5, 0.6) is 0 Å². The number of carbonyl (C=O) groups is 1. The summed E-state index contributed by atoms with van der Waals surface area (Å²) in [7, 11) is 0. The van der Waals surface area contributed by atoms with Gasteiger partial charge in [0, 0.05) is 23.4 Å². The summed E-state index contributed by atoms with van der Waals surface area (Å²) in [5.41, 5.74) is 1.04. The number of aromatic nitrogens is 4. The predicted molar refractivity (Wildman–Crippen MR) is 95.1 cm³/mol. The van der Waals surface area contributed by atoms with E-state index in [1.807, 2.05) is 6.92 Å². The van der Waals surface area contributed by atoms with Gasteiger partial charge in [-0.15, -0.1) is 0 Å². The molecule has 0 fully saturated rings. The number of H-pyrrole nitrogens is 1. The molecule has 0 atom stereocenters. The molecule has 27 heavy (non-hydrogen) atoms. The Balaban J connectivity index is 2.00. The van der Waals surface area contributed by atoms with Crippen molar-refractivity contribution in [3.8, 4) is 5.95 Å². The summed E-state index contributed by atoms with van der Waals surface area (Å²) < 4.78 is 28.1. The highest BCUT2D eigenvalue weighted by Crippen LogP contribution is 2.17. The van der Waals surface area contributed by atoms with E-state index >= 15 is 0 Å². The zero-order chi connectivity index (χ0) is 19.7. The van der Waals surface area contributed by atoms with Crippen molar-refractivity contribution in [1.82, 2.24) is 19.7 Å². The minimum atomic E-state index is -0.982. The Kier molecular flexibility index (Phi) is 4.85. The van der Waals surface area contributed by atoms with E-state index in [0.717, 1.165) is 12.1 Å². The molecule has 0 radical (unpaired) electrons. The number of halogens is 2. The molecular formula is C18H17F2N5O2. The quantitative estimate of drug-likeness (QED) is 0.735. The van der Waals surface area contributed by atoms with E-state index in [2.05, 4.69) is 20.4 Å². The van der Waals surface area contributed by atoms with Crippen LogP contribution in [0, 0.1) is 25.5 Å². The van der Waals surface area contributed by atoms with Gasteiger partial charge in [0.25, 0.3) is 11.5 Å². The van der Waals surface area contributed by atoms with Crippen molar-refractivity contribution in [1.29, 1.82) is 0 Å². The number of nitrogens with one attached hydrogen (secondary N) is 2. The molecule has 0 saturated carbocycles. The second kappa shape index (κ2) is 7.10. The van der Waals surface area contributed by atoms with Gasteiger partial charge in [-0.1, -0.05) is 6.92 Å². The largest absolute Gasteiger partial charge is 0.306 e. The maximum Gasteiger partial charge on any atom is 0.259 e. The maximum absolute atomic E-state index is 13.8. The summed E-state index contributed by atoms with van der Waals surface area (Å²) in [4.78, 5) is 31.5. The molecule has 0 aliphatic carbocycles. The number of aromatic amines is 1. The Morgan fingerprint density at radius 3 is 2.63 bits per heavy atom. The number of hydrogen-bond donors (Lipinski definition) is 2. The molecule has 9 heteroatoms. The second-order valence-electron chi connectivity index (χ2n) is 5.97. The summed E-state index contributed by atoms with van der Waals surface area (Å²) in [6, 6.07) is 4.21. The fraction of sp³-hybridized carbons (Fsp3) is 0.222. The third kappa shape index (κ3) is 3.62. The standard InChI is InChI=1S/C18H17F2N5O2/c1-4-12-10(3)21-18(23-16(12)26)25-15(7-9(2)24-25)22-17(27)13-6-5-11(19)8-14(13)20/h5-8H,4H2,1-3H3,(H,22,27)(H,21,23,26). The topological polar surface area (TPSA) is 92.7 Å². The molecule has 2 aromatic heterocycles. The van der Waals surface area contributed by atoms with Gasteiger partial charge in [-0.3, -0.25) is 14.6 Å². The first-order chi connectivity index (χ1) is 12.8. The van der Waals surface area contributed by atoms with Gasteiger partial charge in [0.05, 0.1) is 11.3 Å². The number of hydrogen-bond acceptors (Lipinski definition) is 4. The van der Waals surface area contributed by atoms with Gasteiger partial charge in [0.15, 0.2) is 0 Å². The van der Waals surface area contributed by atoms with Crippen LogP contribution in [-0.2, 0) is 6.42 Å². The molecule has 0 unspecified atom stereocenters. The molecule has 3 rings (SSSR count). The molecule has 0 aliphatic heterocycles. The molecule has 1 aromatic carbocycles. The van der Waals surface area contributed by atoms with Crippen LogP contribution in [0.2, 0.25) is 0 Å². The first-order valence-electron chi connectivity index (χ1n) is 8.23. The van der Waals surface area contributed by atoms with Crippen molar-refractivity contribution in [3.63, 3.8) is 0 Å². The lowest BCUT2D eigenvalue weighted by Gasteiger charge is -2.10. The lowest BCUT2D eigenvalue weighted by Crippen LogP contribution is -2.22. The lowest BCUT2D eigenvalue weighted by atomic mass is 10.2. The van der Waals surface area contributed by atoms with Crippen LogP contribution >= 0.6 is 0 Å². The number of carbonyl (C=O) groups excluding carboxylic acids is 1. The van der Waals surface area contributed by atoms with E-state index in [1.165, 1.54) is 4.68 Å². The smallest absolute Gasteiger partial charge is 0.259 e. The minimum Gasteiger partial charge on any atom is -0.306 e. The maximum atomic E-state index is 13.8. The predicted octanol–water partition coefficient (Wildman–Crippen LogP) is 2.67. The van der Waals surface area contributed by atoms with Crippen molar-refractivity contribution in [2.24, 2.45) is 0 Å². The average Bonchev–Trinajstić information content (AvgIpc) is 2.94. The fourth-order valence-electron chi connectivity index (χ4n) is 2.72. The number of aryl methyl sites for hydroxylation is 2. The van der Waals surface area contributed by atoms with Crippen LogP contribution < -0.4 is 10.9 Å². The Morgan fingerprint density at radius 2 is 2.00 bits per heavy atom. The van der Waals surface area contributed by atoms with Gasteiger partial charge in [0.2, 0.25) is 5.95 Å². The van der Waals surface area contributed by atoms with Crippen LogP contribution in [-0.4, -0.2) is 25.7 Å². The Hall–Kier alpha value is -3.36. The highest BCUT2D eigenvalue weighted by Gasteiger charge is 2.18. The van der Waals surface area contributed by atoms with Crippen LogP contribution in [0.1, 0.15) is 34.2 Å². The molecule has 0 bridgehead atoms. The van der Waals surface area contributed by atoms with E-state index < -0.39 is 17.5 Å². The second-order valence-corrected chi connectivity index (χ2v) is 5.97. The molecule has 2 N–H and O–H groups in total. The lowest BCUT2D eigenvalue weighted by molar-refractivity contribution is 0.102. The number of amides is 1. The first-order valence-corrected chi connectivity index (χ1v) is 8.23. The first kappa shape index (κ1) is 18.4. The van der Waals surface area contributed by atoms with Gasteiger partial charge in [-0.25, -0.2) is 13.8 Å².